The summed E-state index contributed by atoms with van der Waals surface area (Å²) in [5.74, 6) is -0.230. The van der Waals surface area contributed by atoms with Gasteiger partial charge in [-0.3, -0.25) is 9.69 Å². The van der Waals surface area contributed by atoms with Gasteiger partial charge in [0.05, 0.1) is 5.52 Å². The number of rotatable bonds is 6. The maximum atomic E-state index is 13.1. The van der Waals surface area contributed by atoms with Crippen LogP contribution in [-0.4, -0.2) is 28.3 Å². The fraction of sp³-hybridized carbons (Fsp3) is 0.276. The Morgan fingerprint density at radius 1 is 1.00 bits per heavy atom. The third-order valence-electron chi connectivity index (χ3n) is 7.34. The SMILES string of the molecule is O=C(CCCN1CCc2c(c3cc(-c4ccccc4Cl)cc4c3n2CC4)C1)c1ccc(F)cc1. The van der Waals surface area contributed by atoms with Crippen LogP contribution in [0.5, 0.6) is 0 Å². The summed E-state index contributed by atoms with van der Waals surface area (Å²) in [6, 6.07) is 18.6. The number of nitrogens with zero attached hydrogens (tertiary/aromatic N) is 2. The second-order valence-corrected chi connectivity index (χ2v) is 9.81. The Morgan fingerprint density at radius 3 is 2.65 bits per heavy atom. The standard InChI is InChI=1S/C29H26ClFN2O/c30-26-5-2-1-4-23(26)21-16-20-11-15-33-27-12-14-32(18-25(27)24(17-21)29(20)33)13-3-6-28(34)19-7-9-22(31)10-8-19/h1-2,4-5,7-10,16-17H,3,6,11-15,18H2. The smallest absolute Gasteiger partial charge is 0.162 e. The van der Waals surface area contributed by atoms with Crippen molar-refractivity contribution in [2.24, 2.45) is 0 Å². The first kappa shape index (κ1) is 21.6. The van der Waals surface area contributed by atoms with Crippen LogP contribution in [0.25, 0.3) is 22.0 Å². The number of carbonyl (C=O) groups excluding carboxylic acids is 1. The van der Waals surface area contributed by atoms with Gasteiger partial charge in [0.1, 0.15) is 5.82 Å². The van der Waals surface area contributed by atoms with E-state index in [-0.39, 0.29) is 11.6 Å². The molecule has 0 atom stereocenters. The van der Waals surface area contributed by atoms with E-state index in [9.17, 15) is 9.18 Å². The molecular formula is C29H26ClFN2O. The van der Waals surface area contributed by atoms with E-state index in [1.54, 1.807) is 12.1 Å². The third-order valence-corrected chi connectivity index (χ3v) is 7.67. The molecule has 6 rings (SSSR count). The number of hydrogen-bond donors (Lipinski definition) is 0. The van der Waals surface area contributed by atoms with Crippen LogP contribution in [0.4, 0.5) is 4.39 Å². The number of hydrogen-bond acceptors (Lipinski definition) is 2. The predicted molar refractivity (Wildman–Crippen MR) is 135 cm³/mol. The minimum absolute atomic E-state index is 0.0812. The van der Waals surface area contributed by atoms with E-state index in [0.29, 0.717) is 12.0 Å². The summed E-state index contributed by atoms with van der Waals surface area (Å²) < 4.78 is 15.7. The Bertz CT molecular complexity index is 1410. The zero-order valence-corrected chi connectivity index (χ0v) is 19.7. The van der Waals surface area contributed by atoms with Gasteiger partial charge >= 0.3 is 0 Å². The average molecular weight is 473 g/mol. The first-order valence-electron chi connectivity index (χ1n) is 12.0. The van der Waals surface area contributed by atoms with Gasteiger partial charge in [-0.2, -0.15) is 0 Å². The van der Waals surface area contributed by atoms with E-state index < -0.39 is 0 Å². The van der Waals surface area contributed by atoms with Gasteiger partial charge in [-0.15, -0.1) is 0 Å². The van der Waals surface area contributed by atoms with Crippen LogP contribution in [0, 0.1) is 5.82 Å². The van der Waals surface area contributed by atoms with Gasteiger partial charge in [0.2, 0.25) is 0 Å². The monoisotopic (exact) mass is 472 g/mol. The number of benzene rings is 3. The summed E-state index contributed by atoms with van der Waals surface area (Å²) in [7, 11) is 0. The molecule has 0 aliphatic carbocycles. The van der Waals surface area contributed by atoms with Gasteiger partial charge in [-0.25, -0.2) is 4.39 Å². The van der Waals surface area contributed by atoms with Gasteiger partial charge in [0.15, 0.2) is 5.78 Å². The number of aryl methyl sites for hydroxylation is 2. The molecule has 3 heterocycles. The van der Waals surface area contributed by atoms with Gasteiger partial charge in [0, 0.05) is 59.7 Å². The van der Waals surface area contributed by atoms with Crippen molar-refractivity contribution in [1.82, 2.24) is 9.47 Å². The highest BCUT2D eigenvalue weighted by Crippen LogP contribution is 2.40. The van der Waals surface area contributed by atoms with E-state index >= 15 is 0 Å². The molecule has 0 bridgehead atoms. The molecule has 4 aromatic rings. The zero-order valence-electron chi connectivity index (χ0n) is 19.0. The molecule has 0 amide bonds. The van der Waals surface area contributed by atoms with Crippen molar-refractivity contribution in [1.29, 1.82) is 0 Å². The molecule has 34 heavy (non-hydrogen) atoms. The highest BCUT2D eigenvalue weighted by molar-refractivity contribution is 6.33. The molecule has 3 nitrogen and oxygen atoms in total. The highest BCUT2D eigenvalue weighted by atomic mass is 35.5. The molecule has 0 N–H and O–H groups in total. The molecule has 0 radical (unpaired) electrons. The number of ketones is 1. The summed E-state index contributed by atoms with van der Waals surface area (Å²) in [5.41, 5.74) is 8.59. The zero-order chi connectivity index (χ0) is 23.2. The lowest BCUT2D eigenvalue weighted by Gasteiger charge is -2.28. The molecule has 0 saturated carbocycles. The highest BCUT2D eigenvalue weighted by Gasteiger charge is 2.28. The number of aromatic nitrogens is 1. The Hall–Kier alpha value is -2.95. The Balaban J connectivity index is 1.23. The van der Waals surface area contributed by atoms with Gasteiger partial charge in [-0.05, 0) is 78.5 Å². The summed E-state index contributed by atoms with van der Waals surface area (Å²) in [6.45, 7) is 3.87. The fourth-order valence-corrected chi connectivity index (χ4v) is 5.93. The van der Waals surface area contributed by atoms with Crippen molar-refractivity contribution >= 4 is 28.3 Å². The normalized spacial score (nSPS) is 15.1. The molecule has 0 saturated heterocycles. The largest absolute Gasteiger partial charge is 0.344 e. The van der Waals surface area contributed by atoms with Crippen molar-refractivity contribution in [3.63, 3.8) is 0 Å². The summed E-state index contributed by atoms with van der Waals surface area (Å²) >= 11 is 6.53. The second-order valence-electron chi connectivity index (χ2n) is 9.40. The number of carbonyl (C=O) groups is 1. The summed E-state index contributed by atoms with van der Waals surface area (Å²) in [4.78, 5) is 14.9. The quantitative estimate of drug-likeness (QED) is 0.292. The lowest BCUT2D eigenvalue weighted by atomic mass is 9.96. The molecule has 2 aliphatic heterocycles. The minimum Gasteiger partial charge on any atom is -0.344 e. The van der Waals surface area contributed by atoms with Crippen LogP contribution in [0.2, 0.25) is 5.02 Å². The van der Waals surface area contributed by atoms with Gasteiger partial charge < -0.3 is 4.57 Å². The molecule has 3 aromatic carbocycles. The summed E-state index contributed by atoms with van der Waals surface area (Å²) in [6.07, 6.45) is 3.40. The van der Waals surface area contributed by atoms with E-state index in [0.717, 1.165) is 56.0 Å². The Morgan fingerprint density at radius 2 is 1.82 bits per heavy atom. The molecule has 0 unspecified atom stereocenters. The minimum atomic E-state index is -0.311. The molecule has 0 spiro atoms. The van der Waals surface area contributed by atoms with Gasteiger partial charge in [0.25, 0.3) is 0 Å². The molecule has 172 valence electrons. The van der Waals surface area contributed by atoms with Crippen LogP contribution in [0.15, 0.2) is 60.7 Å². The maximum absolute atomic E-state index is 13.1. The first-order chi connectivity index (χ1) is 16.6. The molecular weight excluding hydrogens is 447 g/mol. The van der Waals surface area contributed by atoms with E-state index in [1.807, 2.05) is 18.2 Å². The molecule has 2 aliphatic rings. The number of Topliss-reactive ketones (excluding diaryl/α,β-unsaturated/α-hetero) is 1. The number of fused-ring (bicyclic) bond motifs is 3. The van der Waals surface area contributed by atoms with Crippen molar-refractivity contribution in [2.75, 3.05) is 13.1 Å². The van der Waals surface area contributed by atoms with Crippen molar-refractivity contribution < 1.29 is 9.18 Å². The van der Waals surface area contributed by atoms with E-state index in [4.69, 9.17) is 11.6 Å². The molecule has 5 heteroatoms. The topological polar surface area (TPSA) is 25.2 Å². The van der Waals surface area contributed by atoms with Crippen LogP contribution < -0.4 is 0 Å². The molecule has 0 fully saturated rings. The van der Waals surface area contributed by atoms with Crippen LogP contribution in [-0.2, 0) is 25.9 Å². The first-order valence-corrected chi connectivity index (χ1v) is 12.4. The molecule has 1 aromatic heterocycles. The lowest BCUT2D eigenvalue weighted by Crippen LogP contribution is -2.32. The number of halogens is 2. The second kappa shape index (κ2) is 8.68. The van der Waals surface area contributed by atoms with Crippen LogP contribution in [0.3, 0.4) is 0 Å². The average Bonchev–Trinajstić information content (AvgIpc) is 3.41. The maximum Gasteiger partial charge on any atom is 0.162 e. The van der Waals surface area contributed by atoms with Crippen LogP contribution in [0.1, 0.15) is 40.0 Å². The Kier molecular flexibility index (Phi) is 5.51. The van der Waals surface area contributed by atoms with E-state index in [1.165, 1.54) is 45.4 Å². The predicted octanol–water partition coefficient (Wildman–Crippen LogP) is 6.68. The third kappa shape index (κ3) is 3.75. The van der Waals surface area contributed by atoms with Crippen molar-refractivity contribution in [3.05, 3.63) is 93.9 Å². The van der Waals surface area contributed by atoms with E-state index in [2.05, 4.69) is 27.7 Å². The van der Waals surface area contributed by atoms with Crippen molar-refractivity contribution in [2.45, 2.75) is 38.8 Å². The van der Waals surface area contributed by atoms with Crippen LogP contribution >= 0.6 is 11.6 Å². The summed E-state index contributed by atoms with van der Waals surface area (Å²) in [5, 5.41) is 2.14. The van der Waals surface area contributed by atoms with Gasteiger partial charge in [-0.1, -0.05) is 29.8 Å². The Labute approximate surface area is 203 Å². The fourth-order valence-electron chi connectivity index (χ4n) is 5.68. The lowest BCUT2D eigenvalue weighted by molar-refractivity contribution is 0.0973. The van der Waals surface area contributed by atoms with Crippen molar-refractivity contribution in [3.8, 4) is 11.1 Å².